The summed E-state index contributed by atoms with van der Waals surface area (Å²) in [6.07, 6.45) is 2.62. The van der Waals surface area contributed by atoms with E-state index < -0.39 is 0 Å². The molecular weight excluding hydrogens is 268 g/mol. The maximum absolute atomic E-state index is 11.1. The van der Waals surface area contributed by atoms with Crippen LogP contribution in [0.1, 0.15) is 25.0 Å². The zero-order valence-corrected chi connectivity index (χ0v) is 12.5. The maximum atomic E-state index is 11.1. The highest BCUT2D eigenvalue weighted by Crippen LogP contribution is 2.26. The summed E-state index contributed by atoms with van der Waals surface area (Å²) >= 11 is 1.73. The zero-order valence-electron chi connectivity index (χ0n) is 11.7. The van der Waals surface area contributed by atoms with Crippen LogP contribution in [0.25, 0.3) is 0 Å². The topological polar surface area (TPSA) is 42.0 Å². The van der Waals surface area contributed by atoms with Crippen LogP contribution in [0.4, 0.5) is 5.69 Å². The highest BCUT2D eigenvalue weighted by atomic mass is 32.2. The Hall–Kier alpha value is -1.81. The molecule has 4 heteroatoms. The van der Waals surface area contributed by atoms with E-state index in [-0.39, 0.29) is 5.91 Å². The van der Waals surface area contributed by atoms with Crippen molar-refractivity contribution in [3.8, 4) is 0 Å². The molecule has 1 aromatic carbocycles. The molecule has 1 N–H and O–H groups in total. The maximum Gasteiger partial charge on any atom is 0.221 e. The molecule has 0 atom stereocenters. The molecule has 1 heterocycles. The summed E-state index contributed by atoms with van der Waals surface area (Å²) in [5.41, 5.74) is 3.21. The van der Waals surface area contributed by atoms with E-state index in [0.29, 0.717) is 0 Å². The van der Waals surface area contributed by atoms with Gasteiger partial charge >= 0.3 is 0 Å². The summed E-state index contributed by atoms with van der Waals surface area (Å²) in [6, 6.07) is 12.3. The molecule has 0 spiro atoms. The van der Waals surface area contributed by atoms with Gasteiger partial charge in [-0.15, -0.1) is 11.8 Å². The molecule has 0 fully saturated rings. The number of hydrogen-bond donors (Lipinski definition) is 1. The van der Waals surface area contributed by atoms with Gasteiger partial charge in [0.1, 0.15) is 0 Å². The van der Waals surface area contributed by atoms with Crippen LogP contribution in [-0.4, -0.2) is 10.9 Å². The zero-order chi connectivity index (χ0) is 14.4. The normalized spacial score (nSPS) is 10.3. The lowest BCUT2D eigenvalue weighted by Crippen LogP contribution is -2.07. The van der Waals surface area contributed by atoms with Gasteiger partial charge in [-0.1, -0.05) is 37.3 Å². The van der Waals surface area contributed by atoms with E-state index in [1.54, 1.807) is 18.0 Å². The predicted octanol–water partition coefficient (Wildman–Crippen LogP) is 3.89. The summed E-state index contributed by atoms with van der Waals surface area (Å²) in [5, 5.41) is 3.80. The van der Waals surface area contributed by atoms with E-state index >= 15 is 0 Å². The SMILES string of the molecule is CCc1cc(NC(C)=O)cnc1SCc1ccccc1. The van der Waals surface area contributed by atoms with E-state index in [2.05, 4.69) is 29.4 Å². The highest BCUT2D eigenvalue weighted by Gasteiger charge is 2.06. The van der Waals surface area contributed by atoms with Gasteiger partial charge in [-0.25, -0.2) is 4.98 Å². The van der Waals surface area contributed by atoms with Crippen LogP contribution in [0.2, 0.25) is 0 Å². The molecule has 0 saturated carbocycles. The number of thioether (sulfide) groups is 1. The molecule has 3 nitrogen and oxygen atoms in total. The van der Waals surface area contributed by atoms with Gasteiger partial charge < -0.3 is 5.32 Å². The number of rotatable bonds is 5. The number of benzene rings is 1. The number of nitrogens with zero attached hydrogens (tertiary/aromatic N) is 1. The van der Waals surface area contributed by atoms with E-state index in [1.165, 1.54) is 12.5 Å². The van der Waals surface area contributed by atoms with Crippen molar-refractivity contribution < 1.29 is 4.79 Å². The number of anilines is 1. The molecule has 0 saturated heterocycles. The Kier molecular flexibility index (Phi) is 5.18. The molecule has 0 radical (unpaired) electrons. The molecule has 1 aromatic heterocycles. The number of amides is 1. The average Bonchev–Trinajstić information content (AvgIpc) is 2.46. The lowest BCUT2D eigenvalue weighted by molar-refractivity contribution is -0.114. The molecule has 1 amide bonds. The number of nitrogens with one attached hydrogen (secondary N) is 1. The predicted molar refractivity (Wildman–Crippen MR) is 83.9 cm³/mol. The minimum absolute atomic E-state index is 0.0708. The van der Waals surface area contributed by atoms with Crippen LogP contribution in [-0.2, 0) is 17.0 Å². The van der Waals surface area contributed by atoms with Gasteiger partial charge in [0.2, 0.25) is 5.91 Å². The third-order valence-electron chi connectivity index (χ3n) is 2.84. The van der Waals surface area contributed by atoms with Gasteiger partial charge in [0, 0.05) is 12.7 Å². The molecule has 0 aliphatic rings. The number of aromatic nitrogens is 1. The molecule has 0 aliphatic carbocycles. The summed E-state index contributed by atoms with van der Waals surface area (Å²) in [7, 11) is 0. The number of carbonyl (C=O) groups is 1. The number of pyridine rings is 1. The summed E-state index contributed by atoms with van der Waals surface area (Å²) in [5.74, 6) is 0.832. The standard InChI is InChI=1S/C16H18N2OS/c1-3-14-9-15(18-12(2)19)10-17-16(14)20-11-13-7-5-4-6-8-13/h4-10H,3,11H2,1-2H3,(H,18,19). The summed E-state index contributed by atoms with van der Waals surface area (Å²) in [6.45, 7) is 3.60. The third-order valence-corrected chi connectivity index (χ3v) is 3.96. The lowest BCUT2D eigenvalue weighted by atomic mass is 10.2. The Balaban J connectivity index is 2.09. The van der Waals surface area contributed by atoms with Crippen LogP contribution in [0.3, 0.4) is 0 Å². The van der Waals surface area contributed by atoms with Crippen LogP contribution in [0.5, 0.6) is 0 Å². The van der Waals surface area contributed by atoms with Crippen LogP contribution < -0.4 is 5.32 Å². The van der Waals surface area contributed by atoms with Crippen molar-refractivity contribution in [3.05, 3.63) is 53.7 Å². The summed E-state index contributed by atoms with van der Waals surface area (Å²) in [4.78, 5) is 15.5. The first-order chi connectivity index (χ1) is 9.69. The van der Waals surface area contributed by atoms with Crippen molar-refractivity contribution >= 4 is 23.4 Å². The van der Waals surface area contributed by atoms with Gasteiger partial charge in [0.15, 0.2) is 0 Å². The average molecular weight is 286 g/mol. The Bertz CT molecular complexity index is 584. The molecule has 0 aliphatic heterocycles. The first-order valence-corrected chi connectivity index (χ1v) is 7.61. The van der Waals surface area contributed by atoms with Crippen molar-refractivity contribution in [2.45, 2.75) is 31.0 Å². The number of hydrogen-bond acceptors (Lipinski definition) is 3. The van der Waals surface area contributed by atoms with Crippen molar-refractivity contribution in [3.63, 3.8) is 0 Å². The molecule has 2 aromatic rings. The molecular formula is C16H18N2OS. The monoisotopic (exact) mass is 286 g/mol. The van der Waals surface area contributed by atoms with Gasteiger partial charge in [-0.05, 0) is 23.6 Å². The second-order valence-electron chi connectivity index (χ2n) is 4.50. The van der Waals surface area contributed by atoms with Crippen molar-refractivity contribution in [1.82, 2.24) is 4.98 Å². The fourth-order valence-electron chi connectivity index (χ4n) is 1.88. The van der Waals surface area contributed by atoms with Gasteiger partial charge in [-0.3, -0.25) is 4.79 Å². The van der Waals surface area contributed by atoms with Crippen LogP contribution in [0.15, 0.2) is 47.6 Å². The van der Waals surface area contributed by atoms with E-state index in [9.17, 15) is 4.79 Å². The number of carbonyl (C=O) groups excluding carboxylic acids is 1. The van der Waals surface area contributed by atoms with Crippen molar-refractivity contribution in [2.24, 2.45) is 0 Å². The molecule has 0 unspecified atom stereocenters. The lowest BCUT2D eigenvalue weighted by Gasteiger charge is -2.09. The Morgan fingerprint density at radius 3 is 2.70 bits per heavy atom. The summed E-state index contributed by atoms with van der Waals surface area (Å²) < 4.78 is 0. The third kappa shape index (κ3) is 4.10. The Morgan fingerprint density at radius 2 is 2.05 bits per heavy atom. The van der Waals surface area contributed by atoms with Gasteiger partial charge in [0.25, 0.3) is 0 Å². The fourth-order valence-corrected chi connectivity index (χ4v) is 2.89. The van der Waals surface area contributed by atoms with Crippen LogP contribution in [0, 0.1) is 0 Å². The molecule has 104 valence electrons. The van der Waals surface area contributed by atoms with Crippen molar-refractivity contribution in [1.29, 1.82) is 0 Å². The first-order valence-electron chi connectivity index (χ1n) is 6.62. The minimum Gasteiger partial charge on any atom is -0.325 e. The second-order valence-corrected chi connectivity index (χ2v) is 5.46. The minimum atomic E-state index is -0.0708. The number of aryl methyl sites for hydroxylation is 1. The molecule has 0 bridgehead atoms. The van der Waals surface area contributed by atoms with E-state index in [1.807, 2.05) is 24.3 Å². The molecule has 2 rings (SSSR count). The van der Waals surface area contributed by atoms with Gasteiger partial charge in [-0.2, -0.15) is 0 Å². The second kappa shape index (κ2) is 7.10. The quantitative estimate of drug-likeness (QED) is 0.848. The van der Waals surface area contributed by atoms with E-state index in [4.69, 9.17) is 0 Å². The van der Waals surface area contributed by atoms with Crippen molar-refractivity contribution in [2.75, 3.05) is 5.32 Å². The fraction of sp³-hybridized carbons (Fsp3) is 0.250. The molecule has 20 heavy (non-hydrogen) atoms. The smallest absolute Gasteiger partial charge is 0.221 e. The highest BCUT2D eigenvalue weighted by molar-refractivity contribution is 7.98. The van der Waals surface area contributed by atoms with Gasteiger partial charge in [0.05, 0.1) is 16.9 Å². The Morgan fingerprint density at radius 1 is 1.30 bits per heavy atom. The largest absolute Gasteiger partial charge is 0.325 e. The first kappa shape index (κ1) is 14.6. The van der Waals surface area contributed by atoms with Crippen LogP contribution >= 0.6 is 11.8 Å². The van der Waals surface area contributed by atoms with E-state index in [0.717, 1.165) is 28.5 Å². The Labute approximate surface area is 123 Å².